The van der Waals surface area contributed by atoms with Gasteiger partial charge in [0.15, 0.2) is 0 Å². The van der Waals surface area contributed by atoms with Crippen molar-refractivity contribution in [2.75, 3.05) is 13.4 Å². The molecule has 2 heterocycles. The molecule has 0 aliphatic heterocycles. The third-order valence-electron chi connectivity index (χ3n) is 3.07. The fourth-order valence-corrected chi connectivity index (χ4v) is 2.34. The zero-order valence-corrected chi connectivity index (χ0v) is 12.6. The minimum absolute atomic E-state index is 0.566. The quantitative estimate of drug-likeness (QED) is 0.677. The van der Waals surface area contributed by atoms with Crippen LogP contribution in [0.1, 0.15) is 0 Å². The summed E-state index contributed by atoms with van der Waals surface area (Å²) in [6.45, 7) is 0. The van der Waals surface area contributed by atoms with Crippen molar-refractivity contribution >= 4 is 22.7 Å². The highest BCUT2D eigenvalue weighted by Crippen LogP contribution is 2.30. The minimum atomic E-state index is 0.566. The van der Waals surface area contributed by atoms with Crippen molar-refractivity contribution in [3.8, 4) is 17.4 Å². The molecule has 0 aliphatic rings. The number of hydrogen-bond donors (Lipinski definition) is 0. The molecule has 0 bridgehead atoms. The van der Waals surface area contributed by atoms with Gasteiger partial charge in [0.05, 0.1) is 12.6 Å². The molecular weight excluding hydrogens is 284 g/mol. The molecule has 0 amide bonds. The molecule has 4 nitrogen and oxygen atoms in total. The Kier molecular flexibility index (Phi) is 3.92. The van der Waals surface area contributed by atoms with Crippen LogP contribution in [0.25, 0.3) is 10.9 Å². The Morgan fingerprint density at radius 2 is 1.95 bits per heavy atom. The zero-order valence-electron chi connectivity index (χ0n) is 11.7. The van der Waals surface area contributed by atoms with Gasteiger partial charge in [0.25, 0.3) is 0 Å². The molecule has 0 N–H and O–H groups in total. The average molecular weight is 298 g/mol. The van der Waals surface area contributed by atoms with E-state index in [1.165, 1.54) is 0 Å². The number of nitrogens with zero attached hydrogens (tertiary/aromatic N) is 2. The monoisotopic (exact) mass is 298 g/mol. The Morgan fingerprint density at radius 3 is 2.67 bits per heavy atom. The van der Waals surface area contributed by atoms with E-state index in [0.717, 1.165) is 27.3 Å². The van der Waals surface area contributed by atoms with E-state index in [9.17, 15) is 0 Å². The van der Waals surface area contributed by atoms with Crippen molar-refractivity contribution in [3.63, 3.8) is 0 Å². The molecular formula is C16H14N2O2S. The van der Waals surface area contributed by atoms with Gasteiger partial charge >= 0.3 is 0 Å². The molecule has 2 aromatic heterocycles. The van der Waals surface area contributed by atoms with Gasteiger partial charge in [-0.25, -0.2) is 4.98 Å². The summed E-state index contributed by atoms with van der Waals surface area (Å²) in [5.41, 5.74) is 0.826. The first-order valence-corrected chi connectivity index (χ1v) is 7.63. The van der Waals surface area contributed by atoms with Gasteiger partial charge in [-0.15, -0.1) is 11.8 Å². The van der Waals surface area contributed by atoms with Crippen LogP contribution in [0.5, 0.6) is 17.4 Å². The molecule has 5 heteroatoms. The smallest absolute Gasteiger partial charge is 0.219 e. The maximum Gasteiger partial charge on any atom is 0.219 e. The summed E-state index contributed by atoms with van der Waals surface area (Å²) in [7, 11) is 1.64. The standard InChI is InChI=1S/C16H14N2O2S/c1-19-11-3-5-13-14(9-11)17-8-7-15(13)20-16-6-4-12(21-2)10-18-16/h3-10H,1-2H3. The summed E-state index contributed by atoms with van der Waals surface area (Å²) in [6, 6.07) is 11.4. The van der Waals surface area contributed by atoms with Gasteiger partial charge in [-0.2, -0.15) is 0 Å². The molecule has 1 aromatic carbocycles. The maximum absolute atomic E-state index is 5.86. The second-order valence-corrected chi connectivity index (χ2v) is 5.21. The van der Waals surface area contributed by atoms with Gasteiger partial charge in [-0.3, -0.25) is 4.98 Å². The first-order valence-electron chi connectivity index (χ1n) is 6.41. The van der Waals surface area contributed by atoms with E-state index < -0.39 is 0 Å². The van der Waals surface area contributed by atoms with E-state index in [1.54, 1.807) is 31.3 Å². The number of fused-ring (bicyclic) bond motifs is 1. The SMILES string of the molecule is COc1ccc2c(Oc3ccc(SC)cn3)ccnc2c1. The van der Waals surface area contributed by atoms with E-state index in [4.69, 9.17) is 9.47 Å². The van der Waals surface area contributed by atoms with Crippen molar-refractivity contribution in [1.82, 2.24) is 9.97 Å². The summed E-state index contributed by atoms with van der Waals surface area (Å²) in [6.07, 6.45) is 5.53. The minimum Gasteiger partial charge on any atom is -0.497 e. The van der Waals surface area contributed by atoms with Gasteiger partial charge in [0.2, 0.25) is 5.88 Å². The first-order chi connectivity index (χ1) is 10.3. The highest BCUT2D eigenvalue weighted by Gasteiger charge is 2.06. The van der Waals surface area contributed by atoms with E-state index in [-0.39, 0.29) is 0 Å². The van der Waals surface area contributed by atoms with Crippen molar-refractivity contribution < 1.29 is 9.47 Å². The molecule has 0 radical (unpaired) electrons. The number of ether oxygens (including phenoxy) is 2. The number of methoxy groups -OCH3 is 1. The lowest BCUT2D eigenvalue weighted by Crippen LogP contribution is -1.91. The lowest BCUT2D eigenvalue weighted by molar-refractivity contribution is 0.415. The average Bonchev–Trinajstić information content (AvgIpc) is 2.55. The largest absolute Gasteiger partial charge is 0.497 e. The van der Waals surface area contributed by atoms with Gasteiger partial charge in [-0.05, 0) is 30.5 Å². The molecule has 0 spiro atoms. The summed E-state index contributed by atoms with van der Waals surface area (Å²) >= 11 is 1.65. The molecule has 21 heavy (non-hydrogen) atoms. The predicted molar refractivity (Wildman–Crippen MR) is 84.4 cm³/mol. The molecule has 106 valence electrons. The van der Waals surface area contributed by atoms with Crippen LogP contribution in [0.4, 0.5) is 0 Å². The van der Waals surface area contributed by atoms with Gasteiger partial charge in [0, 0.05) is 34.8 Å². The Morgan fingerprint density at radius 1 is 1.05 bits per heavy atom. The maximum atomic E-state index is 5.86. The zero-order chi connectivity index (χ0) is 14.7. The summed E-state index contributed by atoms with van der Waals surface area (Å²) in [5.74, 6) is 2.07. The topological polar surface area (TPSA) is 44.2 Å². The van der Waals surface area contributed by atoms with Crippen LogP contribution in [-0.2, 0) is 0 Å². The van der Waals surface area contributed by atoms with Crippen LogP contribution in [0.2, 0.25) is 0 Å². The lowest BCUT2D eigenvalue weighted by atomic mass is 10.2. The molecule has 3 aromatic rings. The van der Waals surface area contributed by atoms with Gasteiger partial charge in [0.1, 0.15) is 11.5 Å². The van der Waals surface area contributed by atoms with Crippen LogP contribution in [-0.4, -0.2) is 23.3 Å². The number of pyridine rings is 2. The number of thioether (sulfide) groups is 1. The molecule has 0 unspecified atom stereocenters. The number of benzene rings is 1. The van der Waals surface area contributed by atoms with Crippen LogP contribution < -0.4 is 9.47 Å². The van der Waals surface area contributed by atoms with E-state index in [0.29, 0.717) is 5.88 Å². The Hall–Kier alpha value is -2.27. The summed E-state index contributed by atoms with van der Waals surface area (Å²) in [5, 5.41) is 0.925. The molecule has 0 saturated heterocycles. The van der Waals surface area contributed by atoms with Gasteiger partial charge < -0.3 is 9.47 Å². The second-order valence-electron chi connectivity index (χ2n) is 4.33. The second kappa shape index (κ2) is 6.01. The van der Waals surface area contributed by atoms with Crippen molar-refractivity contribution in [2.24, 2.45) is 0 Å². The Balaban J connectivity index is 1.95. The Bertz CT molecular complexity index is 760. The Labute approximate surface area is 127 Å². The van der Waals surface area contributed by atoms with Crippen molar-refractivity contribution in [2.45, 2.75) is 4.90 Å². The van der Waals surface area contributed by atoms with Crippen LogP contribution in [0.3, 0.4) is 0 Å². The molecule has 3 rings (SSSR count). The normalized spacial score (nSPS) is 10.6. The van der Waals surface area contributed by atoms with Crippen molar-refractivity contribution in [1.29, 1.82) is 0 Å². The third kappa shape index (κ3) is 2.92. The van der Waals surface area contributed by atoms with Crippen LogP contribution in [0, 0.1) is 0 Å². The molecule has 0 aliphatic carbocycles. The van der Waals surface area contributed by atoms with Crippen LogP contribution >= 0.6 is 11.8 Å². The van der Waals surface area contributed by atoms with Crippen molar-refractivity contribution in [3.05, 3.63) is 48.8 Å². The van der Waals surface area contributed by atoms with E-state index >= 15 is 0 Å². The molecule has 0 atom stereocenters. The summed E-state index contributed by atoms with van der Waals surface area (Å²) in [4.78, 5) is 9.74. The van der Waals surface area contributed by atoms with E-state index in [1.807, 2.05) is 42.7 Å². The number of hydrogen-bond acceptors (Lipinski definition) is 5. The van der Waals surface area contributed by atoms with Crippen LogP contribution in [0.15, 0.2) is 53.7 Å². The fourth-order valence-electron chi connectivity index (χ4n) is 1.98. The highest BCUT2D eigenvalue weighted by molar-refractivity contribution is 7.98. The highest BCUT2D eigenvalue weighted by atomic mass is 32.2. The number of aromatic nitrogens is 2. The first kappa shape index (κ1) is 13.7. The van der Waals surface area contributed by atoms with E-state index in [2.05, 4.69) is 9.97 Å². The number of rotatable bonds is 4. The summed E-state index contributed by atoms with van der Waals surface area (Å²) < 4.78 is 11.1. The molecule has 0 saturated carbocycles. The predicted octanol–water partition coefficient (Wildman–Crippen LogP) is 4.15. The molecule has 0 fully saturated rings. The third-order valence-corrected chi connectivity index (χ3v) is 3.78. The lowest BCUT2D eigenvalue weighted by Gasteiger charge is -2.09. The fraction of sp³-hybridized carbons (Fsp3) is 0.125. The van der Waals surface area contributed by atoms with Gasteiger partial charge in [-0.1, -0.05) is 0 Å².